The summed E-state index contributed by atoms with van der Waals surface area (Å²) in [7, 11) is -1.14. The molecule has 1 atom stereocenters. The largest absolute Gasteiger partial charge is 0.497 e. The first kappa shape index (κ1) is 22.6. The van der Waals surface area contributed by atoms with Crippen molar-refractivity contribution in [1.82, 2.24) is 9.97 Å². The van der Waals surface area contributed by atoms with Crippen LogP contribution in [-0.4, -0.2) is 34.1 Å². The minimum absolute atomic E-state index is 0.429. The van der Waals surface area contributed by atoms with E-state index in [2.05, 4.69) is 22.5 Å². The summed E-state index contributed by atoms with van der Waals surface area (Å²) in [6.45, 7) is 4.99. The topological polar surface area (TPSA) is 100.0 Å². The molecule has 0 amide bonds. The third kappa shape index (κ3) is 5.73. The summed E-state index contributed by atoms with van der Waals surface area (Å²) >= 11 is 0. The molecule has 164 valence electrons. The Morgan fingerprint density at radius 2 is 1.97 bits per heavy atom. The number of rotatable bonds is 9. The average Bonchev–Trinajstić information content (AvgIpc) is 2.74. The summed E-state index contributed by atoms with van der Waals surface area (Å²) in [5.41, 5.74) is 3.71. The number of aryl methyl sites for hydroxylation is 1. The van der Waals surface area contributed by atoms with Crippen LogP contribution in [0, 0.1) is 11.7 Å². The molecule has 0 saturated heterocycles. The van der Waals surface area contributed by atoms with Crippen molar-refractivity contribution in [1.29, 1.82) is 4.78 Å². The van der Waals surface area contributed by atoms with Gasteiger partial charge in [-0.15, -0.1) is 0 Å². The van der Waals surface area contributed by atoms with Gasteiger partial charge >= 0.3 is 0 Å². The maximum atomic E-state index is 12.1. The Kier molecular flexibility index (Phi) is 7.12. The Balaban J connectivity index is 1.96. The van der Waals surface area contributed by atoms with E-state index in [-0.39, 0.29) is 0 Å². The first-order valence-corrected chi connectivity index (χ1v) is 12.1. The van der Waals surface area contributed by atoms with Gasteiger partial charge in [-0.25, -0.2) is 14.0 Å². The molecule has 0 aliphatic heterocycles. The maximum absolute atomic E-state index is 12.1. The average molecular weight is 440 g/mol. The van der Waals surface area contributed by atoms with E-state index < -0.39 is 9.73 Å². The minimum atomic E-state index is -2.80. The normalized spacial score (nSPS) is 12.8. The van der Waals surface area contributed by atoms with Crippen molar-refractivity contribution in [3.05, 3.63) is 54.2 Å². The van der Waals surface area contributed by atoms with Gasteiger partial charge in [0.15, 0.2) is 0 Å². The molecule has 8 heteroatoms. The van der Waals surface area contributed by atoms with Gasteiger partial charge in [-0.2, -0.15) is 4.98 Å². The molecule has 0 aliphatic rings. The van der Waals surface area contributed by atoms with Crippen molar-refractivity contribution >= 4 is 27.2 Å². The van der Waals surface area contributed by atoms with Gasteiger partial charge in [0.2, 0.25) is 5.95 Å². The number of anilines is 3. The molecule has 3 rings (SSSR count). The number of aromatic nitrogens is 2. The van der Waals surface area contributed by atoms with Gasteiger partial charge in [0.1, 0.15) is 11.6 Å². The lowest BCUT2D eigenvalue weighted by atomic mass is 10.0. The van der Waals surface area contributed by atoms with Crippen molar-refractivity contribution in [3.63, 3.8) is 0 Å². The Bertz CT molecular complexity index is 1160. The summed E-state index contributed by atoms with van der Waals surface area (Å²) in [4.78, 5) is 9.67. The fourth-order valence-electron chi connectivity index (χ4n) is 3.17. The van der Waals surface area contributed by atoms with Crippen molar-refractivity contribution < 1.29 is 8.95 Å². The highest BCUT2D eigenvalue weighted by molar-refractivity contribution is 7.91. The summed E-state index contributed by atoms with van der Waals surface area (Å²) in [5, 5.41) is 6.60. The number of hydrogen-bond donors (Lipinski definition) is 3. The lowest BCUT2D eigenvalue weighted by molar-refractivity contribution is 0.414. The van der Waals surface area contributed by atoms with Gasteiger partial charge in [0.25, 0.3) is 0 Å². The molecule has 0 spiro atoms. The third-order valence-corrected chi connectivity index (χ3v) is 6.03. The first-order valence-electron chi connectivity index (χ1n) is 10.2. The lowest BCUT2D eigenvalue weighted by Gasteiger charge is -2.15. The van der Waals surface area contributed by atoms with Crippen LogP contribution in [0.2, 0.25) is 0 Å². The van der Waals surface area contributed by atoms with Crippen LogP contribution in [0.4, 0.5) is 17.5 Å². The van der Waals surface area contributed by atoms with Crippen molar-refractivity contribution in [2.45, 2.75) is 31.6 Å². The second kappa shape index (κ2) is 9.78. The van der Waals surface area contributed by atoms with Crippen LogP contribution in [-0.2, 0) is 9.73 Å². The first-order chi connectivity index (χ1) is 14.8. The molecule has 0 saturated carbocycles. The molecule has 1 heterocycles. The summed E-state index contributed by atoms with van der Waals surface area (Å²) in [6.07, 6.45) is 5.32. The van der Waals surface area contributed by atoms with Crippen LogP contribution in [0.25, 0.3) is 11.1 Å². The summed E-state index contributed by atoms with van der Waals surface area (Å²) in [6, 6.07) is 12.9. The molecule has 0 radical (unpaired) electrons. The number of nitrogens with one attached hydrogen (secondary N) is 3. The van der Waals surface area contributed by atoms with Crippen LogP contribution >= 0.6 is 0 Å². The number of unbranched alkanes of at least 4 members (excludes halogenated alkanes) is 1. The number of methoxy groups -OCH3 is 1. The summed E-state index contributed by atoms with van der Waals surface area (Å²) < 4.78 is 25.2. The van der Waals surface area contributed by atoms with Crippen LogP contribution in [0.3, 0.4) is 0 Å². The quantitative estimate of drug-likeness (QED) is 0.383. The Morgan fingerprint density at radius 3 is 2.65 bits per heavy atom. The molecule has 0 bridgehead atoms. The number of nitrogens with zero attached hydrogens (tertiary/aromatic N) is 2. The van der Waals surface area contributed by atoms with Gasteiger partial charge in [0, 0.05) is 35.1 Å². The molecule has 3 N–H and O–H groups in total. The Morgan fingerprint density at radius 1 is 1.16 bits per heavy atom. The zero-order valence-corrected chi connectivity index (χ0v) is 19.2. The fourth-order valence-corrected chi connectivity index (χ4v) is 3.86. The van der Waals surface area contributed by atoms with E-state index in [1.54, 1.807) is 31.5 Å². The smallest absolute Gasteiger partial charge is 0.229 e. The molecule has 31 heavy (non-hydrogen) atoms. The molecule has 2 aromatic carbocycles. The van der Waals surface area contributed by atoms with Crippen LogP contribution in [0.5, 0.6) is 5.75 Å². The number of benzene rings is 2. The monoisotopic (exact) mass is 439 g/mol. The zero-order valence-electron chi connectivity index (χ0n) is 18.4. The lowest BCUT2D eigenvalue weighted by Crippen LogP contribution is -2.08. The maximum Gasteiger partial charge on any atom is 0.229 e. The van der Waals surface area contributed by atoms with Crippen LogP contribution in [0.15, 0.2) is 53.6 Å². The van der Waals surface area contributed by atoms with Gasteiger partial charge in [-0.05, 0) is 54.8 Å². The van der Waals surface area contributed by atoms with E-state index in [1.165, 1.54) is 6.26 Å². The molecule has 0 aliphatic carbocycles. The van der Waals surface area contributed by atoms with Crippen molar-refractivity contribution in [3.8, 4) is 16.9 Å². The summed E-state index contributed by atoms with van der Waals surface area (Å²) in [5.74, 6) is 1.98. The molecule has 7 nitrogen and oxygen atoms in total. The highest BCUT2D eigenvalue weighted by Crippen LogP contribution is 2.32. The van der Waals surface area contributed by atoms with Gasteiger partial charge in [0.05, 0.1) is 16.8 Å². The predicted octanol–water partition coefficient (Wildman–Crippen LogP) is 5.45. The second-order valence-electron chi connectivity index (χ2n) is 7.41. The Hall–Kier alpha value is -3.13. The molecule has 1 unspecified atom stereocenters. The zero-order chi connectivity index (χ0) is 22.4. The van der Waals surface area contributed by atoms with Gasteiger partial charge in [-0.1, -0.05) is 25.5 Å². The van der Waals surface area contributed by atoms with Gasteiger partial charge in [-0.3, -0.25) is 0 Å². The number of hydrogen-bond acceptors (Lipinski definition) is 7. The molecule has 0 fully saturated rings. The molecular weight excluding hydrogens is 410 g/mol. The standard InChI is InChI=1S/C23H29N5O2S/c1-5-6-12-25-22-21(20-11-10-18(30-3)13-16(20)2)15-26-23(28-22)27-17-8-7-9-19(14-17)31(4,24)29/h7-11,13-15,24H,5-6,12H2,1-4H3,(H2,25,26,27,28). The molecular formula is C23H29N5O2S. The molecule has 3 aromatic rings. The van der Waals surface area contributed by atoms with E-state index in [9.17, 15) is 4.21 Å². The van der Waals surface area contributed by atoms with E-state index in [0.29, 0.717) is 16.5 Å². The third-order valence-electron chi connectivity index (χ3n) is 4.88. The van der Waals surface area contributed by atoms with E-state index in [1.807, 2.05) is 31.2 Å². The van der Waals surface area contributed by atoms with E-state index in [4.69, 9.17) is 14.5 Å². The van der Waals surface area contributed by atoms with Crippen molar-refractivity contribution in [2.24, 2.45) is 0 Å². The fraction of sp³-hybridized carbons (Fsp3) is 0.304. The van der Waals surface area contributed by atoms with Crippen LogP contribution < -0.4 is 15.4 Å². The van der Waals surface area contributed by atoms with E-state index >= 15 is 0 Å². The Labute approximate surface area is 184 Å². The molecule has 1 aromatic heterocycles. The number of ether oxygens (including phenoxy) is 1. The predicted molar refractivity (Wildman–Crippen MR) is 127 cm³/mol. The second-order valence-corrected chi connectivity index (χ2v) is 9.57. The van der Waals surface area contributed by atoms with Crippen LogP contribution in [0.1, 0.15) is 25.3 Å². The minimum Gasteiger partial charge on any atom is -0.497 e. The SMILES string of the molecule is CCCCNc1nc(Nc2cccc(S(C)(=N)=O)c2)ncc1-c1ccc(OC)cc1C. The highest BCUT2D eigenvalue weighted by atomic mass is 32.2. The highest BCUT2D eigenvalue weighted by Gasteiger charge is 2.13. The van der Waals surface area contributed by atoms with E-state index in [0.717, 1.165) is 47.6 Å². The van der Waals surface area contributed by atoms with Gasteiger partial charge < -0.3 is 15.4 Å². The van der Waals surface area contributed by atoms with Crippen molar-refractivity contribution in [2.75, 3.05) is 30.5 Å².